The molecular formula is C12H21N3. The van der Waals surface area contributed by atoms with Crippen LogP contribution >= 0.6 is 0 Å². The lowest BCUT2D eigenvalue weighted by atomic mass is 9.95. The largest absolute Gasteiger partial charge is 0.335 e. The highest BCUT2D eigenvalue weighted by atomic mass is 15.1. The second-order valence-electron chi connectivity index (χ2n) is 4.56. The molecular weight excluding hydrogens is 186 g/mol. The molecule has 1 aliphatic rings. The number of aromatic nitrogens is 2. The van der Waals surface area contributed by atoms with Gasteiger partial charge in [-0.3, -0.25) is 0 Å². The predicted octanol–water partition coefficient (Wildman–Crippen LogP) is 2.15. The van der Waals surface area contributed by atoms with Crippen LogP contribution in [0.25, 0.3) is 0 Å². The van der Waals surface area contributed by atoms with Crippen LogP contribution < -0.4 is 5.32 Å². The van der Waals surface area contributed by atoms with Crippen LogP contribution in [0.4, 0.5) is 0 Å². The molecule has 0 aliphatic carbocycles. The van der Waals surface area contributed by atoms with Crippen LogP contribution in [-0.4, -0.2) is 22.1 Å². The first-order chi connectivity index (χ1) is 7.31. The molecule has 3 heteroatoms. The van der Waals surface area contributed by atoms with Crippen molar-refractivity contribution in [3.05, 3.63) is 18.2 Å². The highest BCUT2D eigenvalue weighted by Gasteiger charge is 2.22. The van der Waals surface area contributed by atoms with Crippen molar-refractivity contribution in [3.63, 3.8) is 0 Å². The predicted molar refractivity (Wildman–Crippen MR) is 62.0 cm³/mol. The Morgan fingerprint density at radius 1 is 1.53 bits per heavy atom. The maximum atomic E-state index is 4.51. The Morgan fingerprint density at radius 2 is 2.40 bits per heavy atom. The van der Waals surface area contributed by atoms with Crippen LogP contribution in [0.2, 0.25) is 0 Å². The van der Waals surface area contributed by atoms with Gasteiger partial charge in [0.25, 0.3) is 0 Å². The zero-order chi connectivity index (χ0) is 10.7. The van der Waals surface area contributed by atoms with E-state index < -0.39 is 0 Å². The molecule has 1 fully saturated rings. The molecule has 1 N–H and O–H groups in total. The summed E-state index contributed by atoms with van der Waals surface area (Å²) in [6, 6.07) is 0.677. The molecule has 84 valence electrons. The number of nitrogens with zero attached hydrogens (tertiary/aromatic N) is 2. The summed E-state index contributed by atoms with van der Waals surface area (Å²) in [5.41, 5.74) is 0. The Hall–Kier alpha value is -0.830. The summed E-state index contributed by atoms with van der Waals surface area (Å²) in [6.07, 6.45) is 7.76. The molecule has 2 rings (SSSR count). The SMILES string of the molecule is CCCn1ccnc1C1CCC(C)NC1. The molecule has 1 aromatic rings. The molecule has 2 atom stereocenters. The van der Waals surface area contributed by atoms with Gasteiger partial charge in [0.05, 0.1) is 0 Å². The van der Waals surface area contributed by atoms with E-state index in [1.165, 1.54) is 25.1 Å². The van der Waals surface area contributed by atoms with Gasteiger partial charge < -0.3 is 9.88 Å². The van der Waals surface area contributed by atoms with Gasteiger partial charge in [-0.1, -0.05) is 6.92 Å². The van der Waals surface area contributed by atoms with Gasteiger partial charge >= 0.3 is 0 Å². The number of hydrogen-bond acceptors (Lipinski definition) is 2. The molecule has 2 heterocycles. The molecule has 0 spiro atoms. The molecule has 0 saturated carbocycles. The van der Waals surface area contributed by atoms with E-state index in [0.717, 1.165) is 13.1 Å². The lowest BCUT2D eigenvalue weighted by Crippen LogP contribution is -2.36. The molecule has 0 amide bonds. The summed E-state index contributed by atoms with van der Waals surface area (Å²) in [5, 5.41) is 3.54. The van der Waals surface area contributed by atoms with Crippen LogP contribution in [0.15, 0.2) is 12.4 Å². The highest BCUT2D eigenvalue weighted by Crippen LogP contribution is 2.23. The summed E-state index contributed by atoms with van der Waals surface area (Å²) in [7, 11) is 0. The van der Waals surface area contributed by atoms with Crippen molar-refractivity contribution in [2.45, 2.75) is 51.6 Å². The number of piperidine rings is 1. The molecule has 3 nitrogen and oxygen atoms in total. The van der Waals surface area contributed by atoms with E-state index in [2.05, 4.69) is 34.9 Å². The second-order valence-corrected chi connectivity index (χ2v) is 4.56. The first-order valence-electron chi connectivity index (χ1n) is 6.05. The number of aryl methyl sites for hydroxylation is 1. The monoisotopic (exact) mass is 207 g/mol. The van der Waals surface area contributed by atoms with Crippen molar-refractivity contribution < 1.29 is 0 Å². The summed E-state index contributed by atoms with van der Waals surface area (Å²) < 4.78 is 2.31. The Labute approximate surface area is 91.9 Å². The smallest absolute Gasteiger partial charge is 0.113 e. The average molecular weight is 207 g/mol. The highest BCUT2D eigenvalue weighted by molar-refractivity contribution is 5.03. The Morgan fingerprint density at radius 3 is 3.07 bits per heavy atom. The van der Waals surface area contributed by atoms with Crippen LogP contribution in [-0.2, 0) is 6.54 Å². The minimum atomic E-state index is 0.614. The van der Waals surface area contributed by atoms with E-state index in [4.69, 9.17) is 0 Å². The van der Waals surface area contributed by atoms with E-state index in [0.29, 0.717) is 12.0 Å². The van der Waals surface area contributed by atoms with Gasteiger partial charge in [-0.25, -0.2) is 4.98 Å². The molecule has 0 radical (unpaired) electrons. The summed E-state index contributed by atoms with van der Waals surface area (Å²) >= 11 is 0. The van der Waals surface area contributed by atoms with Gasteiger partial charge in [-0.15, -0.1) is 0 Å². The Balaban J connectivity index is 2.05. The fraction of sp³-hybridized carbons (Fsp3) is 0.750. The van der Waals surface area contributed by atoms with Gasteiger partial charge in [-0.05, 0) is 26.2 Å². The fourth-order valence-corrected chi connectivity index (χ4v) is 2.33. The van der Waals surface area contributed by atoms with Gasteiger partial charge in [0.1, 0.15) is 5.82 Å². The third-order valence-corrected chi connectivity index (χ3v) is 3.24. The van der Waals surface area contributed by atoms with E-state index in [1.54, 1.807) is 0 Å². The third-order valence-electron chi connectivity index (χ3n) is 3.24. The molecule has 0 aromatic carbocycles. The van der Waals surface area contributed by atoms with Gasteiger partial charge in [0.15, 0.2) is 0 Å². The average Bonchev–Trinajstić information content (AvgIpc) is 2.68. The van der Waals surface area contributed by atoms with Crippen molar-refractivity contribution in [3.8, 4) is 0 Å². The van der Waals surface area contributed by atoms with Crippen LogP contribution in [0, 0.1) is 0 Å². The maximum absolute atomic E-state index is 4.51. The van der Waals surface area contributed by atoms with E-state index in [1.807, 2.05) is 6.20 Å². The van der Waals surface area contributed by atoms with Crippen molar-refractivity contribution >= 4 is 0 Å². The topological polar surface area (TPSA) is 29.9 Å². The number of nitrogens with one attached hydrogen (secondary N) is 1. The van der Waals surface area contributed by atoms with Crippen molar-refractivity contribution in [1.29, 1.82) is 0 Å². The molecule has 1 saturated heterocycles. The minimum absolute atomic E-state index is 0.614. The molecule has 15 heavy (non-hydrogen) atoms. The first kappa shape index (κ1) is 10.7. The van der Waals surface area contributed by atoms with Crippen molar-refractivity contribution in [2.24, 2.45) is 0 Å². The number of rotatable bonds is 3. The second kappa shape index (κ2) is 4.79. The molecule has 0 bridgehead atoms. The van der Waals surface area contributed by atoms with Gasteiger partial charge in [0.2, 0.25) is 0 Å². The zero-order valence-corrected chi connectivity index (χ0v) is 9.74. The minimum Gasteiger partial charge on any atom is -0.335 e. The fourth-order valence-electron chi connectivity index (χ4n) is 2.33. The van der Waals surface area contributed by atoms with Crippen molar-refractivity contribution in [1.82, 2.24) is 14.9 Å². The standard InChI is InChI=1S/C12H21N3/c1-3-7-15-8-6-13-12(15)11-5-4-10(2)14-9-11/h6,8,10-11,14H,3-5,7,9H2,1-2H3. The Kier molecular flexibility index (Phi) is 3.41. The molecule has 2 unspecified atom stereocenters. The van der Waals surface area contributed by atoms with Crippen molar-refractivity contribution in [2.75, 3.05) is 6.54 Å². The summed E-state index contributed by atoms with van der Waals surface area (Å²) in [6.45, 7) is 6.66. The van der Waals surface area contributed by atoms with Gasteiger partial charge in [0, 0.05) is 37.4 Å². The molecule has 1 aliphatic heterocycles. The molecule has 1 aromatic heterocycles. The first-order valence-corrected chi connectivity index (χ1v) is 6.05. The van der Waals surface area contributed by atoms with Gasteiger partial charge in [-0.2, -0.15) is 0 Å². The van der Waals surface area contributed by atoms with Crippen LogP contribution in [0.1, 0.15) is 44.9 Å². The Bertz CT molecular complexity index is 298. The quantitative estimate of drug-likeness (QED) is 0.823. The normalized spacial score (nSPS) is 26.8. The third kappa shape index (κ3) is 2.40. The summed E-state index contributed by atoms with van der Waals surface area (Å²) in [5.74, 6) is 1.89. The summed E-state index contributed by atoms with van der Waals surface area (Å²) in [4.78, 5) is 4.51. The maximum Gasteiger partial charge on any atom is 0.113 e. The number of hydrogen-bond donors (Lipinski definition) is 1. The van der Waals surface area contributed by atoms with E-state index >= 15 is 0 Å². The number of imidazole rings is 1. The van der Waals surface area contributed by atoms with E-state index in [9.17, 15) is 0 Å². The lowest BCUT2D eigenvalue weighted by molar-refractivity contribution is 0.367. The van der Waals surface area contributed by atoms with Crippen LogP contribution in [0.3, 0.4) is 0 Å². The zero-order valence-electron chi connectivity index (χ0n) is 9.74. The van der Waals surface area contributed by atoms with E-state index in [-0.39, 0.29) is 0 Å². The van der Waals surface area contributed by atoms with Crippen LogP contribution in [0.5, 0.6) is 0 Å². The lowest BCUT2D eigenvalue weighted by Gasteiger charge is -2.27.